The van der Waals surface area contributed by atoms with Gasteiger partial charge in [-0.25, -0.2) is 0 Å². The van der Waals surface area contributed by atoms with Gasteiger partial charge in [0.25, 0.3) is 5.56 Å². The van der Waals surface area contributed by atoms with E-state index in [0.717, 1.165) is 23.3 Å². The third kappa shape index (κ3) is 3.88. The lowest BCUT2D eigenvalue weighted by atomic mass is 10.1. The highest BCUT2D eigenvalue weighted by molar-refractivity contribution is 5.83. The van der Waals surface area contributed by atoms with E-state index in [9.17, 15) is 4.79 Å². The smallest absolute Gasteiger partial charge is 0.274 e. The summed E-state index contributed by atoms with van der Waals surface area (Å²) in [6, 6.07) is 15.7. The van der Waals surface area contributed by atoms with Gasteiger partial charge in [0.05, 0.1) is 7.11 Å². The molecule has 0 bridgehead atoms. The van der Waals surface area contributed by atoms with Crippen LogP contribution in [0.1, 0.15) is 16.8 Å². The van der Waals surface area contributed by atoms with Crippen molar-refractivity contribution in [3.8, 4) is 5.75 Å². The highest BCUT2D eigenvalue weighted by Crippen LogP contribution is 2.18. The van der Waals surface area contributed by atoms with Crippen LogP contribution in [0, 0.1) is 0 Å². The molecule has 0 aliphatic carbocycles. The Kier molecular flexibility index (Phi) is 5.05. The van der Waals surface area contributed by atoms with Crippen LogP contribution < -0.4 is 15.6 Å². The molecule has 0 amide bonds. The van der Waals surface area contributed by atoms with Crippen molar-refractivity contribution in [2.45, 2.75) is 12.8 Å². The average molecular weight is 375 g/mol. The highest BCUT2D eigenvalue weighted by Gasteiger charge is 2.07. The predicted molar refractivity (Wildman–Crippen MR) is 109 cm³/mol. The van der Waals surface area contributed by atoms with E-state index in [0.29, 0.717) is 24.6 Å². The fraction of sp³-hybridized carbons (Fsp3) is 0.190. The maximum Gasteiger partial charge on any atom is 0.274 e. The second kappa shape index (κ2) is 7.96. The first-order valence-electron chi connectivity index (χ1n) is 9.10. The molecule has 28 heavy (non-hydrogen) atoms. The van der Waals surface area contributed by atoms with Crippen molar-refractivity contribution < 1.29 is 4.74 Å². The molecule has 4 rings (SSSR count). The Hall–Kier alpha value is -3.61. The van der Waals surface area contributed by atoms with Crippen LogP contribution >= 0.6 is 0 Å². The molecule has 0 atom stereocenters. The minimum Gasteiger partial charge on any atom is -0.497 e. The number of hydrogen-bond donors (Lipinski definition) is 3. The van der Waals surface area contributed by atoms with Crippen molar-refractivity contribution in [2.75, 3.05) is 19.0 Å². The first-order valence-corrected chi connectivity index (χ1v) is 9.10. The lowest BCUT2D eigenvalue weighted by Crippen LogP contribution is -2.20. The summed E-state index contributed by atoms with van der Waals surface area (Å²) in [6.45, 7) is 0.643. The maximum absolute atomic E-state index is 12.3. The van der Waals surface area contributed by atoms with Crippen LogP contribution in [-0.2, 0) is 12.8 Å². The van der Waals surface area contributed by atoms with Crippen molar-refractivity contribution >= 4 is 16.9 Å². The van der Waals surface area contributed by atoms with Crippen LogP contribution in [0.2, 0.25) is 0 Å². The molecule has 0 saturated heterocycles. The molecule has 2 aromatic heterocycles. The van der Waals surface area contributed by atoms with E-state index < -0.39 is 0 Å². The van der Waals surface area contributed by atoms with E-state index in [1.165, 1.54) is 10.9 Å². The van der Waals surface area contributed by atoms with E-state index in [-0.39, 0.29) is 5.56 Å². The second-order valence-electron chi connectivity index (χ2n) is 6.51. The monoisotopic (exact) mass is 375 g/mol. The Bertz CT molecular complexity index is 1130. The zero-order valence-electron chi connectivity index (χ0n) is 15.5. The summed E-state index contributed by atoms with van der Waals surface area (Å²) < 4.78 is 5.14. The van der Waals surface area contributed by atoms with Crippen LogP contribution in [-0.4, -0.2) is 33.8 Å². The molecule has 7 nitrogen and oxygen atoms in total. The summed E-state index contributed by atoms with van der Waals surface area (Å²) in [4.78, 5) is 18.3. The molecule has 2 heterocycles. The van der Waals surface area contributed by atoms with Gasteiger partial charge in [-0.1, -0.05) is 30.3 Å². The summed E-state index contributed by atoms with van der Waals surface area (Å²) in [5.41, 5.74) is 3.46. The number of rotatable bonds is 7. The lowest BCUT2D eigenvalue weighted by Gasteiger charge is -2.06. The second-order valence-corrected chi connectivity index (χ2v) is 6.51. The summed E-state index contributed by atoms with van der Waals surface area (Å²) in [5, 5.41) is 12.5. The van der Waals surface area contributed by atoms with E-state index in [1.807, 2.05) is 42.6 Å². The van der Waals surface area contributed by atoms with Gasteiger partial charge in [0.15, 0.2) is 0 Å². The van der Waals surface area contributed by atoms with Crippen molar-refractivity contribution in [3.63, 3.8) is 0 Å². The van der Waals surface area contributed by atoms with Crippen molar-refractivity contribution in [1.82, 2.24) is 20.2 Å². The van der Waals surface area contributed by atoms with Gasteiger partial charge in [-0.2, -0.15) is 0 Å². The summed E-state index contributed by atoms with van der Waals surface area (Å²) in [5.74, 6) is 1.15. The number of benzene rings is 2. The number of hydrogen-bond acceptors (Lipinski definition) is 5. The lowest BCUT2D eigenvalue weighted by molar-refractivity contribution is 0.414. The Morgan fingerprint density at radius 1 is 1.07 bits per heavy atom. The van der Waals surface area contributed by atoms with Crippen LogP contribution in [0.25, 0.3) is 10.9 Å². The SMILES string of the molecule is COc1ccc(Cc2nnc(NCCc3c[nH]c4ccccc34)[nH]c2=O)cc1. The fourth-order valence-corrected chi connectivity index (χ4v) is 3.15. The number of para-hydroxylation sites is 1. The van der Waals surface area contributed by atoms with Gasteiger partial charge in [-0.15, -0.1) is 10.2 Å². The molecule has 4 aromatic rings. The molecular formula is C21H21N5O2. The van der Waals surface area contributed by atoms with Crippen LogP contribution in [0.5, 0.6) is 5.75 Å². The third-order valence-corrected chi connectivity index (χ3v) is 4.66. The molecule has 3 N–H and O–H groups in total. The minimum atomic E-state index is -0.236. The molecule has 7 heteroatoms. The van der Waals surface area contributed by atoms with Crippen molar-refractivity contribution in [1.29, 1.82) is 0 Å². The van der Waals surface area contributed by atoms with Gasteiger partial charge in [0.2, 0.25) is 5.95 Å². The maximum atomic E-state index is 12.3. The van der Waals surface area contributed by atoms with Gasteiger partial charge in [-0.05, 0) is 35.7 Å². The quantitative estimate of drug-likeness (QED) is 0.462. The van der Waals surface area contributed by atoms with Gasteiger partial charge in [0, 0.05) is 30.1 Å². The Morgan fingerprint density at radius 2 is 1.89 bits per heavy atom. The zero-order valence-corrected chi connectivity index (χ0v) is 15.5. The van der Waals surface area contributed by atoms with Crippen LogP contribution in [0.3, 0.4) is 0 Å². The summed E-state index contributed by atoms with van der Waals surface area (Å²) in [7, 11) is 1.62. The fourth-order valence-electron chi connectivity index (χ4n) is 3.15. The molecule has 2 aromatic carbocycles. The first kappa shape index (κ1) is 17.8. The average Bonchev–Trinajstić information content (AvgIpc) is 3.14. The third-order valence-electron chi connectivity index (χ3n) is 4.66. The minimum absolute atomic E-state index is 0.236. The Morgan fingerprint density at radius 3 is 2.68 bits per heavy atom. The van der Waals surface area contributed by atoms with Gasteiger partial charge in [-0.3, -0.25) is 9.78 Å². The number of aromatic amines is 2. The number of nitrogens with zero attached hydrogens (tertiary/aromatic N) is 2. The van der Waals surface area contributed by atoms with Crippen LogP contribution in [0.4, 0.5) is 5.95 Å². The summed E-state index contributed by atoms with van der Waals surface area (Å²) >= 11 is 0. The largest absolute Gasteiger partial charge is 0.497 e. The standard InChI is InChI=1S/C21H21N5O2/c1-28-16-8-6-14(7-9-16)12-19-20(27)24-21(26-25-19)22-11-10-15-13-23-18-5-3-2-4-17(15)18/h2-9,13,23H,10-12H2,1H3,(H2,22,24,26,27). The van der Waals surface area contributed by atoms with E-state index in [4.69, 9.17) is 4.74 Å². The number of nitrogens with one attached hydrogen (secondary N) is 3. The van der Waals surface area contributed by atoms with Crippen molar-refractivity contribution in [3.05, 3.63) is 81.9 Å². The molecule has 0 fully saturated rings. The topological polar surface area (TPSA) is 95.7 Å². The number of ether oxygens (including phenoxy) is 1. The molecule has 0 saturated carbocycles. The predicted octanol–water partition coefficient (Wildman–Crippen LogP) is 2.90. The van der Waals surface area contributed by atoms with Gasteiger partial charge in [0.1, 0.15) is 11.4 Å². The molecule has 0 spiro atoms. The summed E-state index contributed by atoms with van der Waals surface area (Å²) in [6.07, 6.45) is 3.24. The number of aromatic nitrogens is 4. The number of H-pyrrole nitrogens is 2. The molecular weight excluding hydrogens is 354 g/mol. The van der Waals surface area contributed by atoms with Gasteiger partial charge < -0.3 is 15.0 Å². The van der Waals surface area contributed by atoms with Crippen molar-refractivity contribution in [2.24, 2.45) is 0 Å². The van der Waals surface area contributed by atoms with E-state index >= 15 is 0 Å². The highest BCUT2D eigenvalue weighted by atomic mass is 16.5. The molecule has 0 aliphatic rings. The molecule has 0 aliphatic heterocycles. The van der Waals surface area contributed by atoms with E-state index in [2.05, 4.69) is 37.6 Å². The number of methoxy groups -OCH3 is 1. The Balaban J connectivity index is 1.38. The van der Waals surface area contributed by atoms with Gasteiger partial charge >= 0.3 is 0 Å². The number of anilines is 1. The number of fused-ring (bicyclic) bond motifs is 1. The molecule has 142 valence electrons. The molecule has 0 radical (unpaired) electrons. The van der Waals surface area contributed by atoms with Crippen LogP contribution in [0.15, 0.2) is 59.5 Å². The first-order chi connectivity index (χ1) is 13.7. The zero-order chi connectivity index (χ0) is 19.3. The molecule has 0 unspecified atom stereocenters. The normalized spacial score (nSPS) is 10.9. The Labute approximate surface area is 161 Å². The van der Waals surface area contributed by atoms with E-state index in [1.54, 1.807) is 7.11 Å².